The predicted molar refractivity (Wildman–Crippen MR) is 71.3 cm³/mol. The number of aryl methyl sites for hydroxylation is 1. The third kappa shape index (κ3) is 3.22. The highest BCUT2D eigenvalue weighted by atomic mass is 16.5. The minimum Gasteiger partial charge on any atom is -0.493 e. The van der Waals surface area contributed by atoms with Crippen LogP contribution in [0.2, 0.25) is 0 Å². The van der Waals surface area contributed by atoms with Crippen molar-refractivity contribution in [2.75, 3.05) is 6.61 Å². The molecule has 0 saturated heterocycles. The molecule has 17 heavy (non-hydrogen) atoms. The van der Waals surface area contributed by atoms with Gasteiger partial charge in [0.05, 0.1) is 6.61 Å². The fourth-order valence-electron chi connectivity index (χ4n) is 2.63. The van der Waals surface area contributed by atoms with Gasteiger partial charge in [-0.25, -0.2) is 0 Å². The van der Waals surface area contributed by atoms with Crippen molar-refractivity contribution >= 4 is 0 Å². The van der Waals surface area contributed by atoms with Gasteiger partial charge in [-0.05, 0) is 37.3 Å². The Hall–Kier alpha value is -1.02. The van der Waals surface area contributed by atoms with Gasteiger partial charge in [0.15, 0.2) is 0 Å². The smallest absolute Gasteiger partial charge is 0.122 e. The monoisotopic (exact) mass is 233 g/mol. The Kier molecular flexibility index (Phi) is 4.06. The minimum atomic E-state index is 0.0428. The molecule has 94 valence electrons. The van der Waals surface area contributed by atoms with Crippen LogP contribution in [0.4, 0.5) is 0 Å². The van der Waals surface area contributed by atoms with E-state index in [0.29, 0.717) is 0 Å². The van der Waals surface area contributed by atoms with E-state index in [1.54, 1.807) is 0 Å². The van der Waals surface area contributed by atoms with Crippen molar-refractivity contribution in [3.05, 3.63) is 29.8 Å². The molecule has 0 heterocycles. The molecule has 2 heteroatoms. The van der Waals surface area contributed by atoms with Crippen molar-refractivity contribution < 1.29 is 4.74 Å². The van der Waals surface area contributed by atoms with E-state index in [0.717, 1.165) is 38.0 Å². The molecule has 1 aromatic carbocycles. The molecule has 1 aromatic rings. The number of rotatable bonds is 5. The topological polar surface area (TPSA) is 35.2 Å². The first kappa shape index (κ1) is 12.4. The maximum Gasteiger partial charge on any atom is 0.122 e. The van der Waals surface area contributed by atoms with Crippen molar-refractivity contribution in [2.45, 2.75) is 51.0 Å². The quantitative estimate of drug-likeness (QED) is 0.847. The lowest BCUT2D eigenvalue weighted by Crippen LogP contribution is -2.37. The van der Waals surface area contributed by atoms with Crippen LogP contribution in [0, 0.1) is 0 Å². The van der Waals surface area contributed by atoms with Crippen molar-refractivity contribution in [3.63, 3.8) is 0 Å². The molecular weight excluding hydrogens is 210 g/mol. The number of benzene rings is 1. The van der Waals surface area contributed by atoms with E-state index >= 15 is 0 Å². The summed E-state index contributed by atoms with van der Waals surface area (Å²) in [5.41, 5.74) is 7.64. The molecule has 0 amide bonds. The first-order valence-electron chi connectivity index (χ1n) is 6.73. The second-order valence-electron chi connectivity index (χ2n) is 5.13. The van der Waals surface area contributed by atoms with Gasteiger partial charge in [0.1, 0.15) is 5.75 Å². The van der Waals surface area contributed by atoms with Crippen LogP contribution in [0.1, 0.15) is 44.6 Å². The minimum absolute atomic E-state index is 0.0428. The summed E-state index contributed by atoms with van der Waals surface area (Å²) in [6, 6.07) is 8.27. The van der Waals surface area contributed by atoms with E-state index in [-0.39, 0.29) is 5.54 Å². The first-order valence-corrected chi connectivity index (χ1v) is 6.73. The van der Waals surface area contributed by atoms with E-state index in [2.05, 4.69) is 25.1 Å². The van der Waals surface area contributed by atoms with Gasteiger partial charge in [-0.1, -0.05) is 38.0 Å². The summed E-state index contributed by atoms with van der Waals surface area (Å²) < 4.78 is 5.88. The Bertz CT molecular complexity index is 356. The Morgan fingerprint density at radius 1 is 1.24 bits per heavy atom. The standard InChI is InChI=1S/C15H23NO/c1-2-13-7-3-4-8-14(13)17-12-11-15(16)9-5-6-10-15/h3-4,7-8H,2,5-6,9-12,16H2,1H3. The van der Waals surface area contributed by atoms with Crippen LogP contribution in [0.5, 0.6) is 5.75 Å². The maximum atomic E-state index is 6.31. The summed E-state index contributed by atoms with van der Waals surface area (Å²) in [4.78, 5) is 0. The van der Waals surface area contributed by atoms with Gasteiger partial charge in [0.25, 0.3) is 0 Å². The van der Waals surface area contributed by atoms with Crippen LogP contribution < -0.4 is 10.5 Å². The Morgan fingerprint density at radius 3 is 2.65 bits per heavy atom. The summed E-state index contributed by atoms with van der Waals surface area (Å²) >= 11 is 0. The highest BCUT2D eigenvalue weighted by Gasteiger charge is 2.28. The summed E-state index contributed by atoms with van der Waals surface area (Å²) in [5, 5.41) is 0. The molecule has 0 unspecified atom stereocenters. The summed E-state index contributed by atoms with van der Waals surface area (Å²) in [5.74, 6) is 1.02. The van der Waals surface area contributed by atoms with Crippen molar-refractivity contribution in [1.82, 2.24) is 0 Å². The first-order chi connectivity index (χ1) is 8.23. The van der Waals surface area contributed by atoms with E-state index in [4.69, 9.17) is 10.5 Å². The van der Waals surface area contributed by atoms with Crippen LogP contribution in [-0.2, 0) is 6.42 Å². The fraction of sp³-hybridized carbons (Fsp3) is 0.600. The molecule has 0 bridgehead atoms. The fourth-order valence-corrected chi connectivity index (χ4v) is 2.63. The molecule has 0 atom stereocenters. The average Bonchev–Trinajstić information content (AvgIpc) is 2.77. The molecule has 1 aliphatic carbocycles. The zero-order valence-corrected chi connectivity index (χ0v) is 10.7. The van der Waals surface area contributed by atoms with Gasteiger partial charge in [-0.15, -0.1) is 0 Å². The van der Waals surface area contributed by atoms with E-state index in [9.17, 15) is 0 Å². The Balaban J connectivity index is 1.85. The Labute approximate surface area is 104 Å². The third-order valence-corrected chi connectivity index (χ3v) is 3.81. The highest BCUT2D eigenvalue weighted by Crippen LogP contribution is 2.30. The van der Waals surface area contributed by atoms with Crippen molar-refractivity contribution in [2.24, 2.45) is 5.73 Å². The number of para-hydroxylation sites is 1. The SMILES string of the molecule is CCc1ccccc1OCCC1(N)CCCC1. The van der Waals surface area contributed by atoms with Crippen LogP contribution in [0.15, 0.2) is 24.3 Å². The van der Waals surface area contributed by atoms with E-state index in [1.807, 2.05) is 6.07 Å². The van der Waals surface area contributed by atoms with Gasteiger partial charge in [-0.3, -0.25) is 0 Å². The van der Waals surface area contributed by atoms with Gasteiger partial charge in [0.2, 0.25) is 0 Å². The lowest BCUT2D eigenvalue weighted by atomic mass is 9.95. The maximum absolute atomic E-state index is 6.31. The Morgan fingerprint density at radius 2 is 1.94 bits per heavy atom. The van der Waals surface area contributed by atoms with Crippen LogP contribution in [0.25, 0.3) is 0 Å². The van der Waals surface area contributed by atoms with Gasteiger partial charge < -0.3 is 10.5 Å². The number of hydrogen-bond acceptors (Lipinski definition) is 2. The van der Waals surface area contributed by atoms with E-state index < -0.39 is 0 Å². The molecule has 1 fully saturated rings. The second-order valence-corrected chi connectivity index (χ2v) is 5.13. The summed E-state index contributed by atoms with van der Waals surface area (Å²) in [6.07, 6.45) is 6.87. The zero-order valence-electron chi connectivity index (χ0n) is 10.7. The lowest BCUT2D eigenvalue weighted by molar-refractivity contribution is 0.256. The summed E-state index contributed by atoms with van der Waals surface area (Å²) in [7, 11) is 0. The molecule has 0 aromatic heterocycles. The van der Waals surface area contributed by atoms with E-state index in [1.165, 1.54) is 18.4 Å². The molecule has 1 saturated carbocycles. The molecule has 1 aliphatic rings. The van der Waals surface area contributed by atoms with Gasteiger partial charge in [-0.2, -0.15) is 0 Å². The number of ether oxygens (including phenoxy) is 1. The molecule has 0 radical (unpaired) electrons. The van der Waals surface area contributed by atoms with Gasteiger partial charge >= 0.3 is 0 Å². The molecule has 0 spiro atoms. The van der Waals surface area contributed by atoms with Crippen LogP contribution in [-0.4, -0.2) is 12.1 Å². The van der Waals surface area contributed by atoms with Crippen molar-refractivity contribution in [1.29, 1.82) is 0 Å². The van der Waals surface area contributed by atoms with Crippen molar-refractivity contribution in [3.8, 4) is 5.75 Å². The molecule has 0 aliphatic heterocycles. The molecular formula is C15H23NO. The van der Waals surface area contributed by atoms with Crippen LogP contribution in [0.3, 0.4) is 0 Å². The number of hydrogen-bond donors (Lipinski definition) is 1. The predicted octanol–water partition coefficient (Wildman–Crippen LogP) is 3.29. The molecule has 2 nitrogen and oxygen atoms in total. The summed E-state index contributed by atoms with van der Waals surface area (Å²) in [6.45, 7) is 2.90. The molecule has 2 N–H and O–H groups in total. The van der Waals surface area contributed by atoms with Crippen LogP contribution >= 0.6 is 0 Å². The number of nitrogens with two attached hydrogens (primary N) is 1. The van der Waals surface area contributed by atoms with Gasteiger partial charge in [0, 0.05) is 5.54 Å². The highest BCUT2D eigenvalue weighted by molar-refractivity contribution is 5.33. The zero-order chi connectivity index (χ0) is 12.1. The average molecular weight is 233 g/mol. The normalized spacial score (nSPS) is 18.2. The molecule has 2 rings (SSSR count). The largest absolute Gasteiger partial charge is 0.493 e. The lowest BCUT2D eigenvalue weighted by Gasteiger charge is -2.23. The second kappa shape index (κ2) is 5.54. The third-order valence-electron chi connectivity index (χ3n) is 3.81.